The van der Waals surface area contributed by atoms with Gasteiger partial charge in [0.25, 0.3) is 5.56 Å². The van der Waals surface area contributed by atoms with Gasteiger partial charge in [-0.3, -0.25) is 14.3 Å². The fourth-order valence-corrected chi connectivity index (χ4v) is 1.56. The minimum Gasteiger partial charge on any atom is -0.290 e. The molecule has 1 N–H and O–H groups in total. The first-order valence-electron chi connectivity index (χ1n) is 4.29. The second-order valence-corrected chi connectivity index (χ2v) is 3.68. The number of H-pyrrole nitrogens is 1. The Morgan fingerprint density at radius 1 is 1.53 bits per heavy atom. The third kappa shape index (κ3) is 1.58. The maximum Gasteiger partial charge on any atom is 0.330 e. The number of nitrogens with zero attached hydrogens (tertiary/aromatic N) is 3. The van der Waals surface area contributed by atoms with Crippen molar-refractivity contribution in [1.29, 1.82) is 0 Å². The first kappa shape index (κ1) is 10.0. The molecule has 2 rings (SSSR count). The lowest BCUT2D eigenvalue weighted by Gasteiger charge is -2.01. The zero-order valence-corrected chi connectivity index (χ0v) is 9.41. The number of fused-ring (bicyclic) bond motifs is 1. The molecule has 7 heteroatoms. The molecule has 0 atom stereocenters. The van der Waals surface area contributed by atoms with Gasteiger partial charge in [-0.15, -0.1) is 0 Å². The summed E-state index contributed by atoms with van der Waals surface area (Å²) in [4.78, 5) is 33.5. The van der Waals surface area contributed by atoms with Crippen LogP contribution in [-0.2, 0) is 6.54 Å². The van der Waals surface area contributed by atoms with Gasteiger partial charge in [-0.1, -0.05) is 0 Å². The van der Waals surface area contributed by atoms with Crippen molar-refractivity contribution in [2.75, 3.05) is 0 Å². The minimum absolute atomic E-state index is 0.158. The van der Waals surface area contributed by atoms with Crippen LogP contribution < -0.4 is 11.2 Å². The average Bonchev–Trinajstić information content (AvgIpc) is 2.20. The lowest BCUT2D eigenvalue weighted by atomic mass is 10.5. The van der Waals surface area contributed by atoms with E-state index in [0.717, 1.165) is 4.57 Å². The fourth-order valence-electron chi connectivity index (χ4n) is 1.28. The van der Waals surface area contributed by atoms with Gasteiger partial charge < -0.3 is 0 Å². The second-order valence-electron chi connectivity index (χ2n) is 2.87. The van der Waals surface area contributed by atoms with Crippen molar-refractivity contribution in [3.8, 4) is 0 Å². The number of aromatic nitrogens is 4. The van der Waals surface area contributed by atoms with Crippen LogP contribution in [0.3, 0.4) is 0 Å². The monoisotopic (exact) mass is 270 g/mol. The molecule has 0 fully saturated rings. The van der Waals surface area contributed by atoms with Gasteiger partial charge in [0, 0.05) is 6.54 Å². The molecule has 15 heavy (non-hydrogen) atoms. The average molecular weight is 271 g/mol. The molecule has 2 aromatic heterocycles. The number of hydrogen-bond donors (Lipinski definition) is 1. The molecule has 0 aliphatic carbocycles. The van der Waals surface area contributed by atoms with Crippen molar-refractivity contribution in [2.45, 2.75) is 13.5 Å². The molecule has 2 aromatic rings. The van der Waals surface area contributed by atoms with Crippen molar-refractivity contribution in [1.82, 2.24) is 19.5 Å². The number of nitrogens with one attached hydrogen (secondary N) is 1. The molecule has 0 saturated heterocycles. The van der Waals surface area contributed by atoms with E-state index in [1.165, 1.54) is 6.20 Å². The topological polar surface area (TPSA) is 80.6 Å². The van der Waals surface area contributed by atoms with Gasteiger partial charge in [0.2, 0.25) is 0 Å². The van der Waals surface area contributed by atoms with E-state index < -0.39 is 11.2 Å². The van der Waals surface area contributed by atoms with E-state index in [1.807, 2.05) is 0 Å². The van der Waals surface area contributed by atoms with Crippen LogP contribution in [0, 0.1) is 0 Å². The lowest BCUT2D eigenvalue weighted by Crippen LogP contribution is -2.35. The van der Waals surface area contributed by atoms with Crippen molar-refractivity contribution in [3.63, 3.8) is 0 Å². The summed E-state index contributed by atoms with van der Waals surface area (Å²) >= 11 is 3.12. The largest absolute Gasteiger partial charge is 0.330 e. The van der Waals surface area contributed by atoms with Crippen molar-refractivity contribution in [2.24, 2.45) is 0 Å². The fraction of sp³-hybridized carbons (Fsp3) is 0.250. The summed E-state index contributed by atoms with van der Waals surface area (Å²) in [6.45, 7) is 2.02. The van der Waals surface area contributed by atoms with E-state index >= 15 is 0 Å². The predicted molar refractivity (Wildman–Crippen MR) is 57.8 cm³/mol. The van der Waals surface area contributed by atoms with Crippen molar-refractivity contribution in [3.05, 3.63) is 31.6 Å². The number of aromatic amines is 1. The lowest BCUT2D eigenvalue weighted by molar-refractivity contribution is 0.680. The summed E-state index contributed by atoms with van der Waals surface area (Å²) in [5.41, 5.74) is -0.527. The van der Waals surface area contributed by atoms with Crippen LogP contribution >= 0.6 is 15.9 Å². The van der Waals surface area contributed by atoms with Gasteiger partial charge >= 0.3 is 5.69 Å². The predicted octanol–water partition coefficient (Wildman–Crippen LogP) is 0.262. The third-order valence-electron chi connectivity index (χ3n) is 1.98. The summed E-state index contributed by atoms with van der Waals surface area (Å²) in [6, 6.07) is 0. The third-order valence-corrected chi connectivity index (χ3v) is 2.36. The van der Waals surface area contributed by atoms with Gasteiger partial charge in [-0.2, -0.15) is 0 Å². The molecule has 0 aromatic carbocycles. The summed E-state index contributed by atoms with van der Waals surface area (Å²) in [5, 5.41) is 0. The Kier molecular flexibility index (Phi) is 2.39. The van der Waals surface area contributed by atoms with Gasteiger partial charge in [-0.05, 0) is 22.9 Å². The summed E-state index contributed by atoms with van der Waals surface area (Å²) in [6.07, 6.45) is 1.42. The first-order valence-corrected chi connectivity index (χ1v) is 5.08. The highest BCUT2D eigenvalue weighted by molar-refractivity contribution is 9.10. The number of halogens is 1. The van der Waals surface area contributed by atoms with E-state index in [1.54, 1.807) is 6.92 Å². The Morgan fingerprint density at radius 2 is 2.27 bits per heavy atom. The molecule has 0 unspecified atom stereocenters. The molecular weight excluding hydrogens is 264 g/mol. The Labute approximate surface area is 92.1 Å². The zero-order valence-electron chi connectivity index (χ0n) is 7.82. The van der Waals surface area contributed by atoms with Gasteiger partial charge in [0.05, 0.1) is 6.20 Å². The maximum atomic E-state index is 11.8. The van der Waals surface area contributed by atoms with Crippen LogP contribution in [0.1, 0.15) is 6.92 Å². The Hall–Kier alpha value is -1.50. The minimum atomic E-state index is -0.466. The van der Waals surface area contributed by atoms with Crippen LogP contribution in [0.15, 0.2) is 20.4 Å². The van der Waals surface area contributed by atoms with E-state index in [9.17, 15) is 9.59 Å². The standard InChI is InChI=1S/C8H7BrN4O2/c1-2-13-7(14)5-6(12-8(13)15)10-3-4(9)11-5/h3H,2H2,1H3,(H,10,12,15). The molecule has 0 aliphatic heterocycles. The van der Waals surface area contributed by atoms with Gasteiger partial charge in [-0.25, -0.2) is 14.8 Å². The molecule has 0 radical (unpaired) electrons. The SMILES string of the molecule is CCn1c(=O)[nH]c2ncc(Br)nc2c1=O. The van der Waals surface area contributed by atoms with Crippen molar-refractivity contribution >= 4 is 27.1 Å². The Morgan fingerprint density at radius 3 is 2.93 bits per heavy atom. The smallest absolute Gasteiger partial charge is 0.290 e. The van der Waals surface area contributed by atoms with Crippen LogP contribution in [-0.4, -0.2) is 19.5 Å². The van der Waals surface area contributed by atoms with E-state index in [0.29, 0.717) is 11.1 Å². The van der Waals surface area contributed by atoms with Gasteiger partial charge in [0.1, 0.15) is 4.60 Å². The highest BCUT2D eigenvalue weighted by atomic mass is 79.9. The molecule has 0 saturated carbocycles. The van der Waals surface area contributed by atoms with E-state index in [4.69, 9.17) is 0 Å². The summed E-state index contributed by atoms with van der Waals surface area (Å²) in [5.74, 6) is 0. The molecule has 0 aliphatic rings. The van der Waals surface area contributed by atoms with Crippen molar-refractivity contribution < 1.29 is 0 Å². The van der Waals surface area contributed by atoms with E-state index in [2.05, 4.69) is 30.9 Å². The molecule has 6 nitrogen and oxygen atoms in total. The number of hydrogen-bond acceptors (Lipinski definition) is 4. The van der Waals surface area contributed by atoms with E-state index in [-0.39, 0.29) is 11.2 Å². The number of rotatable bonds is 1. The quantitative estimate of drug-likeness (QED) is 0.806. The second kappa shape index (κ2) is 3.58. The molecule has 2 heterocycles. The summed E-state index contributed by atoms with van der Waals surface area (Å²) < 4.78 is 1.53. The van der Waals surface area contributed by atoms with Crippen LogP contribution in [0.4, 0.5) is 0 Å². The Balaban J connectivity index is 2.99. The van der Waals surface area contributed by atoms with Crippen LogP contribution in [0.25, 0.3) is 11.2 Å². The van der Waals surface area contributed by atoms with Crippen LogP contribution in [0.2, 0.25) is 0 Å². The zero-order chi connectivity index (χ0) is 11.0. The molecule has 0 spiro atoms. The van der Waals surface area contributed by atoms with Gasteiger partial charge in [0.15, 0.2) is 11.2 Å². The Bertz CT molecular complexity index is 631. The first-order chi connectivity index (χ1) is 7.13. The van der Waals surface area contributed by atoms with Crippen LogP contribution in [0.5, 0.6) is 0 Å². The molecular formula is C8H7BrN4O2. The highest BCUT2D eigenvalue weighted by Crippen LogP contribution is 2.05. The molecule has 78 valence electrons. The summed E-state index contributed by atoms with van der Waals surface area (Å²) in [7, 11) is 0. The molecule has 0 amide bonds. The molecule has 0 bridgehead atoms. The maximum absolute atomic E-state index is 11.8. The highest BCUT2D eigenvalue weighted by Gasteiger charge is 2.08. The normalized spacial score (nSPS) is 10.8.